The third-order valence-corrected chi connectivity index (χ3v) is 8.14. The van der Waals surface area contributed by atoms with Gasteiger partial charge in [0.15, 0.2) is 0 Å². The van der Waals surface area contributed by atoms with Crippen LogP contribution in [0.5, 0.6) is 0 Å². The van der Waals surface area contributed by atoms with E-state index in [9.17, 15) is 5.11 Å². The second kappa shape index (κ2) is 7.53. The maximum Gasteiger partial charge on any atom is 0.131 e. The summed E-state index contributed by atoms with van der Waals surface area (Å²) in [6, 6.07) is 6.09. The van der Waals surface area contributed by atoms with Gasteiger partial charge in [-0.1, -0.05) is 24.1 Å². The standard InChI is InChI=1S/C18H18BrClN2OS2/c19-15-16-18(25-17(15)10-3-1-4-11(23)7-10)13(8-14(20)22-16)21-9-12-5-2-6-24-12/h2,5-6,8,10-11,23H,1,3-4,7,9H2,(H,21,22). The molecule has 0 bridgehead atoms. The van der Waals surface area contributed by atoms with Crippen molar-refractivity contribution in [1.82, 2.24) is 4.98 Å². The summed E-state index contributed by atoms with van der Waals surface area (Å²) in [5.74, 6) is 0.390. The molecule has 3 heterocycles. The van der Waals surface area contributed by atoms with Crippen LogP contribution in [-0.2, 0) is 6.54 Å². The van der Waals surface area contributed by atoms with Gasteiger partial charge >= 0.3 is 0 Å². The Morgan fingerprint density at radius 2 is 2.28 bits per heavy atom. The van der Waals surface area contributed by atoms with Crippen molar-refractivity contribution in [3.8, 4) is 0 Å². The quantitative estimate of drug-likeness (QED) is 0.445. The summed E-state index contributed by atoms with van der Waals surface area (Å²) in [6.45, 7) is 0.778. The van der Waals surface area contributed by atoms with Crippen molar-refractivity contribution in [2.24, 2.45) is 0 Å². The average molecular weight is 458 g/mol. The Bertz CT molecular complexity index is 881. The van der Waals surface area contributed by atoms with Gasteiger partial charge in [-0.2, -0.15) is 0 Å². The van der Waals surface area contributed by atoms with E-state index in [1.165, 1.54) is 9.75 Å². The average Bonchev–Trinajstić information content (AvgIpc) is 3.21. The topological polar surface area (TPSA) is 45.1 Å². The Kier molecular flexibility index (Phi) is 5.34. The predicted molar refractivity (Wildman–Crippen MR) is 111 cm³/mol. The Labute approximate surface area is 168 Å². The molecule has 0 aliphatic heterocycles. The Hall–Kier alpha value is -0.660. The summed E-state index contributed by atoms with van der Waals surface area (Å²) >= 11 is 13.5. The molecule has 0 radical (unpaired) electrons. The lowest BCUT2D eigenvalue weighted by atomic mass is 9.86. The molecule has 2 N–H and O–H groups in total. The number of aliphatic hydroxyl groups is 1. The highest BCUT2D eigenvalue weighted by atomic mass is 79.9. The minimum Gasteiger partial charge on any atom is -0.393 e. The van der Waals surface area contributed by atoms with E-state index in [2.05, 4.69) is 43.7 Å². The highest BCUT2D eigenvalue weighted by Gasteiger charge is 2.27. The van der Waals surface area contributed by atoms with Gasteiger partial charge in [0.1, 0.15) is 5.15 Å². The van der Waals surface area contributed by atoms with Gasteiger partial charge in [0.25, 0.3) is 0 Å². The molecule has 3 aromatic rings. The molecule has 2 atom stereocenters. The van der Waals surface area contributed by atoms with Crippen LogP contribution >= 0.6 is 50.2 Å². The molecule has 25 heavy (non-hydrogen) atoms. The molecule has 0 saturated heterocycles. The van der Waals surface area contributed by atoms with E-state index >= 15 is 0 Å². The smallest absolute Gasteiger partial charge is 0.131 e. The fourth-order valence-corrected chi connectivity index (χ4v) is 6.51. The third-order valence-electron chi connectivity index (χ3n) is 4.63. The zero-order valence-corrected chi connectivity index (χ0v) is 17.4. The normalized spacial score (nSPS) is 20.9. The molecule has 4 rings (SSSR count). The van der Waals surface area contributed by atoms with Crippen molar-refractivity contribution in [3.05, 3.63) is 43.0 Å². The van der Waals surface area contributed by atoms with E-state index in [4.69, 9.17) is 11.6 Å². The lowest BCUT2D eigenvalue weighted by Gasteiger charge is -2.25. The van der Waals surface area contributed by atoms with E-state index in [0.717, 1.165) is 52.6 Å². The van der Waals surface area contributed by atoms with E-state index in [1.54, 1.807) is 22.7 Å². The van der Waals surface area contributed by atoms with Gasteiger partial charge in [0, 0.05) is 22.4 Å². The van der Waals surface area contributed by atoms with Crippen LogP contribution in [0.15, 0.2) is 28.1 Å². The van der Waals surface area contributed by atoms with Crippen LogP contribution in [0.4, 0.5) is 5.69 Å². The molecule has 3 nitrogen and oxygen atoms in total. The number of hydrogen-bond acceptors (Lipinski definition) is 5. The van der Waals surface area contributed by atoms with Crippen molar-refractivity contribution in [2.45, 2.75) is 44.2 Å². The predicted octanol–water partition coefficient (Wildman–Crippen LogP) is 6.40. The number of anilines is 1. The van der Waals surface area contributed by atoms with Crippen molar-refractivity contribution in [2.75, 3.05) is 5.32 Å². The van der Waals surface area contributed by atoms with E-state index < -0.39 is 0 Å². The van der Waals surface area contributed by atoms with Gasteiger partial charge in [-0.15, -0.1) is 22.7 Å². The summed E-state index contributed by atoms with van der Waals surface area (Å²) in [7, 11) is 0. The van der Waals surface area contributed by atoms with Gasteiger partial charge in [-0.3, -0.25) is 0 Å². The fourth-order valence-electron chi connectivity index (χ4n) is 3.42. The van der Waals surface area contributed by atoms with Crippen LogP contribution in [0.25, 0.3) is 10.2 Å². The zero-order valence-electron chi connectivity index (χ0n) is 13.5. The number of nitrogens with zero attached hydrogens (tertiary/aromatic N) is 1. The SMILES string of the molecule is OC1CCCC(c2sc3c(NCc4cccs4)cc(Cl)nc3c2Br)C1. The number of aliphatic hydroxyl groups excluding tert-OH is 1. The lowest BCUT2D eigenvalue weighted by molar-refractivity contribution is 0.120. The van der Waals surface area contributed by atoms with Crippen LogP contribution < -0.4 is 5.32 Å². The molecule has 0 aromatic carbocycles. The van der Waals surface area contributed by atoms with Gasteiger partial charge in [0.05, 0.1) is 26.5 Å². The van der Waals surface area contributed by atoms with Crippen molar-refractivity contribution >= 4 is 66.1 Å². The van der Waals surface area contributed by atoms with E-state index in [0.29, 0.717) is 11.1 Å². The number of pyridine rings is 1. The number of aromatic nitrogens is 1. The summed E-state index contributed by atoms with van der Waals surface area (Å²) in [5.41, 5.74) is 1.94. The minimum absolute atomic E-state index is 0.191. The first-order valence-electron chi connectivity index (χ1n) is 8.34. The molecule has 1 fully saturated rings. The molecular weight excluding hydrogens is 440 g/mol. The van der Waals surface area contributed by atoms with Gasteiger partial charge in [0.2, 0.25) is 0 Å². The molecule has 132 valence electrons. The number of fused-ring (bicyclic) bond motifs is 1. The van der Waals surface area contributed by atoms with Gasteiger partial charge < -0.3 is 10.4 Å². The summed E-state index contributed by atoms with van der Waals surface area (Å²) in [4.78, 5) is 7.11. The Morgan fingerprint density at radius 3 is 3.04 bits per heavy atom. The first-order chi connectivity index (χ1) is 12.1. The first kappa shape index (κ1) is 17.7. The third kappa shape index (κ3) is 3.74. The largest absolute Gasteiger partial charge is 0.393 e. The minimum atomic E-state index is -0.191. The molecule has 1 aliphatic carbocycles. The molecule has 7 heteroatoms. The molecular formula is C18H18BrClN2OS2. The summed E-state index contributed by atoms with van der Waals surface area (Å²) in [5, 5.41) is 16.1. The fraction of sp³-hybridized carbons (Fsp3) is 0.389. The second-order valence-electron chi connectivity index (χ2n) is 6.40. The van der Waals surface area contributed by atoms with Crippen molar-refractivity contribution in [1.29, 1.82) is 0 Å². The molecule has 2 unspecified atom stereocenters. The van der Waals surface area contributed by atoms with Crippen LogP contribution in [0.3, 0.4) is 0 Å². The number of rotatable bonds is 4. The first-order valence-corrected chi connectivity index (χ1v) is 11.2. The highest BCUT2D eigenvalue weighted by Crippen LogP contribution is 2.46. The van der Waals surface area contributed by atoms with Crippen LogP contribution in [-0.4, -0.2) is 16.2 Å². The van der Waals surface area contributed by atoms with Crippen LogP contribution in [0, 0.1) is 0 Å². The number of halogens is 2. The van der Waals surface area contributed by atoms with Crippen molar-refractivity contribution in [3.63, 3.8) is 0 Å². The number of hydrogen-bond donors (Lipinski definition) is 2. The zero-order chi connectivity index (χ0) is 17.4. The van der Waals surface area contributed by atoms with Gasteiger partial charge in [-0.25, -0.2) is 4.98 Å². The number of nitrogens with one attached hydrogen (secondary N) is 1. The lowest BCUT2D eigenvalue weighted by Crippen LogP contribution is -2.17. The molecule has 3 aromatic heterocycles. The van der Waals surface area contributed by atoms with Gasteiger partial charge in [-0.05, 0) is 52.6 Å². The number of thiophene rings is 2. The molecule has 0 spiro atoms. The van der Waals surface area contributed by atoms with E-state index in [-0.39, 0.29) is 6.10 Å². The maximum atomic E-state index is 10.0. The summed E-state index contributed by atoms with van der Waals surface area (Å²) < 4.78 is 2.16. The monoisotopic (exact) mass is 456 g/mol. The van der Waals surface area contributed by atoms with Crippen molar-refractivity contribution < 1.29 is 5.11 Å². The molecule has 1 saturated carbocycles. The van der Waals surface area contributed by atoms with Crippen LogP contribution in [0.1, 0.15) is 41.4 Å². The second-order valence-corrected chi connectivity index (χ2v) is 9.67. The van der Waals surface area contributed by atoms with Crippen LogP contribution in [0.2, 0.25) is 5.15 Å². The summed E-state index contributed by atoms with van der Waals surface area (Å²) in [6.07, 6.45) is 3.75. The Morgan fingerprint density at radius 1 is 1.40 bits per heavy atom. The maximum absolute atomic E-state index is 10.0. The molecule has 0 amide bonds. The Balaban J connectivity index is 1.70. The highest BCUT2D eigenvalue weighted by molar-refractivity contribution is 9.10. The molecule has 1 aliphatic rings. The van der Waals surface area contributed by atoms with E-state index in [1.807, 2.05) is 6.07 Å².